The van der Waals surface area contributed by atoms with E-state index in [-0.39, 0.29) is 35.1 Å². The van der Waals surface area contributed by atoms with Gasteiger partial charge in [0.2, 0.25) is 0 Å². The fourth-order valence-corrected chi connectivity index (χ4v) is 2.99. The molecule has 6 nitrogen and oxygen atoms in total. The van der Waals surface area contributed by atoms with Crippen LogP contribution in [0, 0.1) is 24.0 Å². The number of hydrogen-bond acceptors (Lipinski definition) is 3. The molecule has 11 heteroatoms. The van der Waals surface area contributed by atoms with E-state index < -0.39 is 35.0 Å². The highest BCUT2D eigenvalue weighted by molar-refractivity contribution is 6.06. The van der Waals surface area contributed by atoms with Crippen LogP contribution in [0.25, 0.3) is 0 Å². The zero-order valence-corrected chi connectivity index (χ0v) is 17.7. The molecule has 0 aliphatic rings. The van der Waals surface area contributed by atoms with Crippen molar-refractivity contribution in [2.45, 2.75) is 19.6 Å². The van der Waals surface area contributed by atoms with Crippen LogP contribution in [-0.2, 0) is 12.7 Å². The van der Waals surface area contributed by atoms with Gasteiger partial charge in [0.25, 0.3) is 5.91 Å². The van der Waals surface area contributed by atoms with Gasteiger partial charge >= 0.3 is 6.18 Å². The van der Waals surface area contributed by atoms with Gasteiger partial charge in [0.15, 0.2) is 5.96 Å². The van der Waals surface area contributed by atoms with Gasteiger partial charge in [0, 0.05) is 17.8 Å². The molecule has 0 aromatic heterocycles. The summed E-state index contributed by atoms with van der Waals surface area (Å²) in [4.78, 5) is 12.9. The van der Waals surface area contributed by atoms with Gasteiger partial charge in [0.1, 0.15) is 23.1 Å². The number of carbonyl (C=O) groups excluding carboxylic acids is 1. The molecule has 34 heavy (non-hydrogen) atoms. The van der Waals surface area contributed by atoms with Crippen molar-refractivity contribution in [1.29, 1.82) is 5.41 Å². The molecule has 0 heterocycles. The molecule has 0 spiro atoms. The summed E-state index contributed by atoms with van der Waals surface area (Å²) in [5.41, 5.74) is 4.47. The highest BCUT2D eigenvalue weighted by Crippen LogP contribution is 2.36. The van der Waals surface area contributed by atoms with Gasteiger partial charge < -0.3 is 21.1 Å². The number of guanidine groups is 1. The molecule has 0 atom stereocenters. The molecule has 0 radical (unpaired) electrons. The Balaban J connectivity index is 1.94. The summed E-state index contributed by atoms with van der Waals surface area (Å²) in [6, 6.07) is 9.43. The third kappa shape index (κ3) is 6.00. The van der Waals surface area contributed by atoms with Gasteiger partial charge in [-0.15, -0.1) is 0 Å². The Morgan fingerprint density at radius 1 is 1.03 bits per heavy atom. The summed E-state index contributed by atoms with van der Waals surface area (Å²) in [5, 5.41) is 12.1. The molecule has 0 fully saturated rings. The van der Waals surface area contributed by atoms with E-state index in [0.717, 1.165) is 30.3 Å². The maximum absolute atomic E-state index is 14.0. The number of benzene rings is 3. The first-order valence-corrected chi connectivity index (χ1v) is 9.77. The number of halogens is 5. The number of nitrogens with two attached hydrogens (primary N) is 1. The molecular weight excluding hydrogens is 459 g/mol. The Kier molecular flexibility index (Phi) is 7.04. The summed E-state index contributed by atoms with van der Waals surface area (Å²) in [5.74, 6) is -2.70. The van der Waals surface area contributed by atoms with Crippen molar-refractivity contribution in [3.05, 3.63) is 88.5 Å². The highest BCUT2D eigenvalue weighted by atomic mass is 19.4. The number of rotatable bonds is 6. The largest absolute Gasteiger partial charge is 0.456 e. The normalized spacial score (nSPS) is 11.1. The third-order valence-corrected chi connectivity index (χ3v) is 4.68. The van der Waals surface area contributed by atoms with Crippen LogP contribution in [0.5, 0.6) is 11.5 Å². The van der Waals surface area contributed by atoms with E-state index in [9.17, 15) is 26.7 Å². The first-order valence-electron chi connectivity index (χ1n) is 9.77. The average molecular weight is 478 g/mol. The van der Waals surface area contributed by atoms with E-state index in [4.69, 9.17) is 15.9 Å². The van der Waals surface area contributed by atoms with Crippen molar-refractivity contribution in [1.82, 2.24) is 5.32 Å². The summed E-state index contributed by atoms with van der Waals surface area (Å²) < 4.78 is 72.7. The SMILES string of the molecule is Cc1cc(F)ccc1Oc1cc(C(F)(F)F)ccc1C(=O)Nc1ccc(F)c(CNC(=N)N)c1. The Morgan fingerprint density at radius 2 is 1.76 bits per heavy atom. The minimum atomic E-state index is -4.69. The lowest BCUT2D eigenvalue weighted by atomic mass is 10.1. The van der Waals surface area contributed by atoms with Gasteiger partial charge in [-0.1, -0.05) is 0 Å². The van der Waals surface area contributed by atoms with Crippen molar-refractivity contribution in [2.24, 2.45) is 5.73 Å². The fourth-order valence-electron chi connectivity index (χ4n) is 2.99. The number of hydrogen-bond donors (Lipinski definition) is 4. The van der Waals surface area contributed by atoms with Crippen LogP contribution in [0.2, 0.25) is 0 Å². The Bertz CT molecular complexity index is 1240. The molecule has 0 aliphatic heterocycles. The van der Waals surface area contributed by atoms with Crippen LogP contribution in [0.1, 0.15) is 27.0 Å². The molecule has 1 amide bonds. The van der Waals surface area contributed by atoms with Crippen LogP contribution in [0.3, 0.4) is 0 Å². The molecule has 178 valence electrons. The fraction of sp³-hybridized carbons (Fsp3) is 0.130. The summed E-state index contributed by atoms with van der Waals surface area (Å²) in [7, 11) is 0. The molecule has 3 rings (SSSR count). The zero-order chi connectivity index (χ0) is 25.0. The van der Waals surface area contributed by atoms with Crippen LogP contribution in [0.4, 0.5) is 27.6 Å². The molecule has 0 unspecified atom stereocenters. The van der Waals surface area contributed by atoms with Crippen molar-refractivity contribution < 1.29 is 31.5 Å². The van der Waals surface area contributed by atoms with E-state index in [0.29, 0.717) is 11.6 Å². The summed E-state index contributed by atoms with van der Waals surface area (Å²) in [6.45, 7) is 1.38. The number of alkyl halides is 3. The molecule has 0 aliphatic carbocycles. The number of ether oxygens (including phenoxy) is 1. The minimum Gasteiger partial charge on any atom is -0.456 e. The number of amides is 1. The molecule has 0 saturated heterocycles. The Labute approximate surface area is 191 Å². The molecule has 0 saturated carbocycles. The molecule has 3 aromatic rings. The number of carbonyl (C=O) groups is 1. The van der Waals surface area contributed by atoms with Gasteiger partial charge in [-0.3, -0.25) is 10.2 Å². The van der Waals surface area contributed by atoms with Crippen molar-refractivity contribution in [2.75, 3.05) is 5.32 Å². The Morgan fingerprint density at radius 3 is 2.41 bits per heavy atom. The van der Waals surface area contributed by atoms with E-state index >= 15 is 0 Å². The zero-order valence-electron chi connectivity index (χ0n) is 17.7. The quantitative estimate of drug-likeness (QED) is 0.219. The summed E-state index contributed by atoms with van der Waals surface area (Å²) in [6.07, 6.45) is -4.69. The smallest absolute Gasteiger partial charge is 0.416 e. The van der Waals surface area contributed by atoms with Crippen LogP contribution in [-0.4, -0.2) is 11.9 Å². The summed E-state index contributed by atoms with van der Waals surface area (Å²) >= 11 is 0. The number of nitrogens with one attached hydrogen (secondary N) is 3. The van der Waals surface area contributed by atoms with Crippen LogP contribution >= 0.6 is 0 Å². The van der Waals surface area contributed by atoms with E-state index in [1.807, 2.05) is 0 Å². The van der Waals surface area contributed by atoms with Crippen LogP contribution < -0.4 is 21.1 Å². The second kappa shape index (κ2) is 9.77. The topological polar surface area (TPSA) is 100 Å². The lowest BCUT2D eigenvalue weighted by Crippen LogP contribution is -2.29. The van der Waals surface area contributed by atoms with Crippen LogP contribution in [0.15, 0.2) is 54.6 Å². The van der Waals surface area contributed by atoms with Gasteiger partial charge in [-0.05, 0) is 67.1 Å². The molecule has 0 bridgehead atoms. The lowest BCUT2D eigenvalue weighted by Gasteiger charge is -2.16. The highest BCUT2D eigenvalue weighted by Gasteiger charge is 2.32. The monoisotopic (exact) mass is 478 g/mol. The van der Waals surface area contributed by atoms with Gasteiger partial charge in [-0.2, -0.15) is 13.2 Å². The lowest BCUT2D eigenvalue weighted by molar-refractivity contribution is -0.137. The number of anilines is 1. The predicted molar refractivity (Wildman–Crippen MR) is 116 cm³/mol. The van der Waals surface area contributed by atoms with Gasteiger partial charge in [0.05, 0.1) is 11.1 Å². The van der Waals surface area contributed by atoms with Crippen molar-refractivity contribution >= 4 is 17.6 Å². The molecule has 3 aromatic carbocycles. The van der Waals surface area contributed by atoms with E-state index in [1.165, 1.54) is 25.1 Å². The predicted octanol–water partition coefficient (Wildman–Crippen LogP) is 5.32. The molecular formula is C23H19F5N4O2. The van der Waals surface area contributed by atoms with E-state index in [2.05, 4.69) is 10.6 Å². The Hall–Kier alpha value is -4.15. The average Bonchev–Trinajstić information content (AvgIpc) is 2.75. The minimum absolute atomic E-state index is 0.0640. The van der Waals surface area contributed by atoms with Gasteiger partial charge in [-0.25, -0.2) is 8.78 Å². The van der Waals surface area contributed by atoms with Crippen molar-refractivity contribution in [3.8, 4) is 11.5 Å². The number of aryl methyl sites for hydroxylation is 1. The maximum atomic E-state index is 14.0. The molecule has 5 N–H and O–H groups in total. The standard InChI is InChI=1S/C23H19F5N4O2/c1-12-8-15(24)3-7-19(12)34-20-10-14(23(26,27)28)2-5-17(20)21(33)32-16-4-6-18(25)13(9-16)11-31-22(29)30/h2-10H,11H2,1H3,(H,32,33)(H4,29,30,31). The van der Waals surface area contributed by atoms with Crippen molar-refractivity contribution in [3.63, 3.8) is 0 Å². The third-order valence-electron chi connectivity index (χ3n) is 4.68. The van der Waals surface area contributed by atoms with E-state index in [1.54, 1.807) is 0 Å². The maximum Gasteiger partial charge on any atom is 0.416 e. The first kappa shape index (κ1) is 24.5. The second-order valence-electron chi connectivity index (χ2n) is 7.25. The second-order valence-corrected chi connectivity index (χ2v) is 7.25. The first-order chi connectivity index (χ1) is 15.9.